The highest BCUT2D eigenvalue weighted by molar-refractivity contribution is 5.95. The van der Waals surface area contributed by atoms with E-state index < -0.39 is 28.2 Å². The fourth-order valence-electron chi connectivity index (χ4n) is 5.26. The minimum absolute atomic E-state index is 0.0218. The SMILES string of the molecule is Cc1ncc([N+](=O)[O-])n1CC(O)CN1CCN(c2cc3c(cc2F)c(=O)c(C(=O)O)c(C)n3C(C)C)CC1. The van der Waals surface area contributed by atoms with E-state index in [1.165, 1.54) is 10.8 Å². The predicted molar refractivity (Wildman–Crippen MR) is 139 cm³/mol. The summed E-state index contributed by atoms with van der Waals surface area (Å²) < 4.78 is 18.4. The molecule has 3 aromatic rings. The molecule has 0 amide bonds. The van der Waals surface area contributed by atoms with E-state index in [-0.39, 0.29) is 35.9 Å². The number of nitro groups is 1. The maximum Gasteiger partial charge on any atom is 0.342 e. The average molecular weight is 531 g/mol. The summed E-state index contributed by atoms with van der Waals surface area (Å²) in [5, 5.41) is 31.4. The van der Waals surface area contributed by atoms with Crippen molar-refractivity contribution in [2.75, 3.05) is 37.6 Å². The van der Waals surface area contributed by atoms with Gasteiger partial charge in [-0.1, -0.05) is 0 Å². The van der Waals surface area contributed by atoms with Gasteiger partial charge in [0, 0.05) is 56.8 Å². The molecule has 0 radical (unpaired) electrons. The lowest BCUT2D eigenvalue weighted by Gasteiger charge is -2.37. The number of nitrogens with zero attached hydrogens (tertiary/aromatic N) is 6. The van der Waals surface area contributed by atoms with Gasteiger partial charge in [0.15, 0.2) is 5.82 Å². The number of aromatic carboxylic acids is 1. The number of β-amino-alcohol motifs (C(OH)–C–C–N with tert-alkyl or cyclic N) is 1. The second kappa shape index (κ2) is 10.5. The largest absolute Gasteiger partial charge is 0.477 e. The summed E-state index contributed by atoms with van der Waals surface area (Å²) >= 11 is 0. The maximum absolute atomic E-state index is 15.3. The number of carboxylic acids is 1. The number of rotatable bonds is 8. The highest BCUT2D eigenvalue weighted by Crippen LogP contribution is 2.29. The Morgan fingerprint density at radius 3 is 2.42 bits per heavy atom. The third-order valence-electron chi connectivity index (χ3n) is 7.05. The summed E-state index contributed by atoms with van der Waals surface area (Å²) in [7, 11) is 0. The lowest BCUT2D eigenvalue weighted by atomic mass is 10.0. The van der Waals surface area contributed by atoms with Crippen molar-refractivity contribution in [3.63, 3.8) is 0 Å². The number of aromatic nitrogens is 3. The molecular weight excluding hydrogens is 499 g/mol. The second-order valence-corrected chi connectivity index (χ2v) is 9.85. The molecule has 12 nitrogen and oxygen atoms in total. The van der Waals surface area contributed by atoms with Gasteiger partial charge in [0.05, 0.1) is 11.2 Å². The third kappa shape index (κ3) is 4.98. The monoisotopic (exact) mass is 530 g/mol. The zero-order chi connectivity index (χ0) is 27.9. The molecule has 1 aliphatic rings. The van der Waals surface area contributed by atoms with Crippen molar-refractivity contribution in [1.29, 1.82) is 0 Å². The van der Waals surface area contributed by atoms with Crippen molar-refractivity contribution in [2.24, 2.45) is 0 Å². The van der Waals surface area contributed by atoms with Gasteiger partial charge in [0.2, 0.25) is 5.43 Å². The van der Waals surface area contributed by atoms with Gasteiger partial charge in [0.25, 0.3) is 0 Å². The highest BCUT2D eigenvalue weighted by Gasteiger charge is 2.27. The summed E-state index contributed by atoms with van der Waals surface area (Å²) in [4.78, 5) is 43.1. The van der Waals surface area contributed by atoms with E-state index in [4.69, 9.17) is 0 Å². The maximum atomic E-state index is 15.3. The molecule has 3 heterocycles. The molecule has 13 heteroatoms. The number of aliphatic hydroxyl groups excluding tert-OH is 1. The van der Waals surface area contributed by atoms with Crippen molar-refractivity contribution in [3.05, 3.63) is 61.6 Å². The number of imidazole rings is 1. The van der Waals surface area contributed by atoms with Crippen LogP contribution in [0.15, 0.2) is 23.1 Å². The summed E-state index contributed by atoms with van der Waals surface area (Å²) in [6.07, 6.45) is 0.305. The number of anilines is 1. The number of benzene rings is 1. The summed E-state index contributed by atoms with van der Waals surface area (Å²) in [6.45, 7) is 9.23. The van der Waals surface area contributed by atoms with Crippen molar-refractivity contribution in [2.45, 2.75) is 46.4 Å². The lowest BCUT2D eigenvalue weighted by Crippen LogP contribution is -2.49. The fourth-order valence-corrected chi connectivity index (χ4v) is 5.26. The van der Waals surface area contributed by atoms with Gasteiger partial charge in [-0.25, -0.2) is 18.7 Å². The van der Waals surface area contributed by atoms with Gasteiger partial charge in [-0.3, -0.25) is 9.69 Å². The minimum atomic E-state index is -1.34. The molecule has 1 atom stereocenters. The molecule has 1 fully saturated rings. The number of pyridine rings is 1. The van der Waals surface area contributed by atoms with Crippen LogP contribution in [0.3, 0.4) is 0 Å². The lowest BCUT2D eigenvalue weighted by molar-refractivity contribution is -0.392. The van der Waals surface area contributed by atoms with Crippen molar-refractivity contribution in [1.82, 2.24) is 19.0 Å². The number of hydrogen-bond donors (Lipinski definition) is 2. The Kier molecular flexibility index (Phi) is 7.51. The van der Waals surface area contributed by atoms with Crippen LogP contribution in [0, 0.1) is 29.8 Å². The van der Waals surface area contributed by atoms with Crippen molar-refractivity contribution < 1.29 is 24.3 Å². The van der Waals surface area contributed by atoms with Crippen LogP contribution < -0.4 is 10.3 Å². The number of piperazine rings is 1. The topological polar surface area (TPSA) is 147 Å². The van der Waals surface area contributed by atoms with Crippen LogP contribution in [0.2, 0.25) is 0 Å². The Balaban J connectivity index is 1.53. The molecule has 0 bridgehead atoms. The van der Waals surface area contributed by atoms with E-state index in [1.54, 1.807) is 24.5 Å². The number of aryl methyl sites for hydroxylation is 1. The minimum Gasteiger partial charge on any atom is -0.477 e. The zero-order valence-electron chi connectivity index (χ0n) is 21.7. The Labute approximate surface area is 217 Å². The molecule has 2 aromatic heterocycles. The number of hydrogen-bond acceptors (Lipinski definition) is 8. The number of aliphatic hydroxyl groups is 1. The van der Waals surface area contributed by atoms with Crippen LogP contribution in [0.4, 0.5) is 15.9 Å². The summed E-state index contributed by atoms with van der Waals surface area (Å²) in [5.41, 5.74) is 0.0358. The average Bonchev–Trinajstić information content (AvgIpc) is 3.19. The highest BCUT2D eigenvalue weighted by atomic mass is 19.1. The third-order valence-corrected chi connectivity index (χ3v) is 7.05. The van der Waals surface area contributed by atoms with Crippen LogP contribution in [0.1, 0.15) is 41.8 Å². The first-order valence-corrected chi connectivity index (χ1v) is 12.3. The number of fused-ring (bicyclic) bond motifs is 1. The molecule has 0 spiro atoms. The fraction of sp³-hybridized carbons (Fsp3) is 0.480. The molecule has 1 aliphatic heterocycles. The number of carboxylic acid groups (broad SMARTS) is 1. The predicted octanol–water partition coefficient (Wildman–Crippen LogP) is 2.32. The van der Waals surface area contributed by atoms with E-state index in [0.717, 1.165) is 6.07 Å². The molecule has 0 saturated carbocycles. The summed E-state index contributed by atoms with van der Waals surface area (Å²) in [6, 6.07) is 2.56. The van der Waals surface area contributed by atoms with Gasteiger partial charge in [0.1, 0.15) is 30.2 Å². The molecule has 1 unspecified atom stereocenters. The molecule has 1 aromatic carbocycles. The second-order valence-electron chi connectivity index (χ2n) is 9.85. The molecular formula is C25H31FN6O6. The van der Waals surface area contributed by atoms with E-state index in [9.17, 15) is 29.9 Å². The Hall–Kier alpha value is -3.84. The van der Waals surface area contributed by atoms with Crippen molar-refractivity contribution >= 4 is 28.4 Å². The normalized spacial score (nSPS) is 15.4. The first-order chi connectivity index (χ1) is 17.9. The van der Waals surface area contributed by atoms with Crippen LogP contribution in [0.5, 0.6) is 0 Å². The van der Waals surface area contributed by atoms with Gasteiger partial charge < -0.3 is 29.8 Å². The summed E-state index contributed by atoms with van der Waals surface area (Å²) in [5.74, 6) is -1.69. The Morgan fingerprint density at radius 2 is 1.84 bits per heavy atom. The van der Waals surface area contributed by atoms with Gasteiger partial charge in [-0.2, -0.15) is 0 Å². The van der Waals surface area contributed by atoms with Gasteiger partial charge >= 0.3 is 11.8 Å². The first kappa shape index (κ1) is 27.2. The van der Waals surface area contributed by atoms with E-state index in [2.05, 4.69) is 4.98 Å². The van der Waals surface area contributed by atoms with E-state index in [1.807, 2.05) is 23.6 Å². The Bertz CT molecular complexity index is 1460. The van der Waals surface area contributed by atoms with Crippen LogP contribution in [-0.4, -0.2) is 79.0 Å². The molecule has 2 N–H and O–H groups in total. The Morgan fingerprint density at radius 1 is 1.18 bits per heavy atom. The standard InChI is InChI=1S/C25H31FN6O6/c1-14(2)31-15(3)23(25(35)36)24(34)18-9-19(26)21(10-20(18)31)29-7-5-28(6-8-29)12-17(33)13-30-16(4)27-11-22(30)32(37)38/h9-11,14,17,33H,5-8,12-13H2,1-4H3,(H,35,36). The van der Waals surface area contributed by atoms with E-state index in [0.29, 0.717) is 48.9 Å². The van der Waals surface area contributed by atoms with Crippen LogP contribution >= 0.6 is 0 Å². The van der Waals surface area contributed by atoms with Gasteiger partial charge in [-0.05, 0) is 37.8 Å². The molecule has 0 aliphatic carbocycles. The zero-order valence-corrected chi connectivity index (χ0v) is 21.7. The quantitative estimate of drug-likeness (QED) is 0.331. The smallest absolute Gasteiger partial charge is 0.342 e. The number of halogens is 1. The van der Waals surface area contributed by atoms with E-state index >= 15 is 4.39 Å². The molecule has 4 rings (SSSR count). The van der Waals surface area contributed by atoms with Gasteiger partial charge in [-0.15, -0.1) is 0 Å². The molecule has 204 valence electrons. The molecule has 1 saturated heterocycles. The van der Waals surface area contributed by atoms with Crippen LogP contribution in [-0.2, 0) is 6.54 Å². The van der Waals surface area contributed by atoms with Crippen molar-refractivity contribution in [3.8, 4) is 0 Å². The van der Waals surface area contributed by atoms with Crippen LogP contribution in [0.25, 0.3) is 10.9 Å². The molecule has 38 heavy (non-hydrogen) atoms. The number of carbonyl (C=O) groups is 1. The first-order valence-electron chi connectivity index (χ1n) is 12.3.